The molecule has 2 aromatic rings. The number of sulfonamides is 1. The van der Waals surface area contributed by atoms with Crippen LogP contribution in [0.15, 0.2) is 72.1 Å². The van der Waals surface area contributed by atoms with Gasteiger partial charge >= 0.3 is 0 Å². The molecule has 0 saturated carbocycles. The number of hydrogen-bond acceptors (Lipinski definition) is 2. The zero-order chi connectivity index (χ0) is 19.4. The molecule has 2 atom stereocenters. The third kappa shape index (κ3) is 4.93. The second-order valence-corrected chi connectivity index (χ2v) is 14.0. The molecule has 0 heterocycles. The van der Waals surface area contributed by atoms with Gasteiger partial charge < -0.3 is 0 Å². The van der Waals surface area contributed by atoms with Crippen molar-refractivity contribution in [3.8, 4) is 0 Å². The van der Waals surface area contributed by atoms with Crippen molar-refractivity contribution in [2.45, 2.75) is 49.8 Å². The summed E-state index contributed by atoms with van der Waals surface area (Å²) in [4.78, 5) is 0.310. The van der Waals surface area contributed by atoms with Gasteiger partial charge in [0.05, 0.1) is 13.0 Å². The maximum atomic E-state index is 12.6. The fourth-order valence-corrected chi connectivity index (χ4v) is 7.51. The lowest BCUT2D eigenvalue weighted by atomic mass is 10.2. The molecular weight excluding hydrogens is 358 g/mol. The minimum atomic E-state index is -3.51. The number of benzene rings is 2. The first-order valence-corrected chi connectivity index (χ1v) is 13.5. The van der Waals surface area contributed by atoms with Gasteiger partial charge in [0, 0.05) is 6.04 Å². The third-order valence-electron chi connectivity index (χ3n) is 5.02. The summed E-state index contributed by atoms with van der Waals surface area (Å²) in [5.41, 5.74) is 1.32. The van der Waals surface area contributed by atoms with Crippen molar-refractivity contribution in [2.75, 3.05) is 0 Å². The second kappa shape index (κ2) is 8.33. The first-order chi connectivity index (χ1) is 12.2. The van der Waals surface area contributed by atoms with Crippen LogP contribution in [0.4, 0.5) is 0 Å². The van der Waals surface area contributed by atoms with Crippen molar-refractivity contribution >= 4 is 23.3 Å². The van der Waals surface area contributed by atoms with Crippen molar-refractivity contribution in [3.05, 3.63) is 72.8 Å². The van der Waals surface area contributed by atoms with Crippen LogP contribution in [0.2, 0.25) is 18.6 Å². The highest BCUT2D eigenvalue weighted by molar-refractivity contribution is 7.89. The fourth-order valence-electron chi connectivity index (χ4n) is 3.25. The minimum Gasteiger partial charge on any atom is -0.208 e. The van der Waals surface area contributed by atoms with E-state index in [9.17, 15) is 8.42 Å². The summed E-state index contributed by atoms with van der Waals surface area (Å²) < 4.78 is 28.1. The molecule has 0 saturated heterocycles. The maximum Gasteiger partial charge on any atom is 0.240 e. The molecule has 2 aromatic carbocycles. The Hall–Kier alpha value is -1.69. The zero-order valence-corrected chi connectivity index (χ0v) is 17.9. The molecule has 0 aliphatic rings. The van der Waals surface area contributed by atoms with Crippen LogP contribution >= 0.6 is 0 Å². The van der Waals surface area contributed by atoms with Crippen molar-refractivity contribution in [2.24, 2.45) is 0 Å². The van der Waals surface area contributed by atoms with Crippen LogP contribution in [-0.2, 0) is 10.0 Å². The topological polar surface area (TPSA) is 46.2 Å². The van der Waals surface area contributed by atoms with Gasteiger partial charge in [0.25, 0.3) is 0 Å². The molecular formula is C21H29NO2SSi. The summed E-state index contributed by atoms with van der Waals surface area (Å²) in [6.45, 7) is 12.5. The molecule has 0 spiro atoms. The molecule has 0 unspecified atom stereocenters. The van der Waals surface area contributed by atoms with Gasteiger partial charge in [-0.25, -0.2) is 13.1 Å². The average Bonchev–Trinajstić information content (AvgIpc) is 2.60. The number of rotatable bonds is 8. The average molecular weight is 388 g/mol. The molecule has 0 amide bonds. The van der Waals surface area contributed by atoms with Gasteiger partial charge in [-0.3, -0.25) is 0 Å². The maximum absolute atomic E-state index is 12.6. The highest BCUT2D eigenvalue weighted by Gasteiger charge is 2.33. The molecule has 0 radical (unpaired) electrons. The molecule has 1 N–H and O–H groups in total. The molecule has 0 bridgehead atoms. The predicted molar refractivity (Wildman–Crippen MR) is 113 cm³/mol. The van der Waals surface area contributed by atoms with E-state index >= 15 is 0 Å². The molecule has 3 nitrogen and oxygen atoms in total. The quantitative estimate of drug-likeness (QED) is 0.544. The van der Waals surface area contributed by atoms with Gasteiger partial charge in [-0.05, 0) is 37.9 Å². The molecule has 140 valence electrons. The van der Waals surface area contributed by atoms with Crippen LogP contribution in [0, 0.1) is 6.92 Å². The van der Waals surface area contributed by atoms with Crippen molar-refractivity contribution in [1.29, 1.82) is 0 Å². The van der Waals surface area contributed by atoms with E-state index in [1.807, 2.05) is 38.1 Å². The summed E-state index contributed by atoms with van der Waals surface area (Å²) in [5.74, 6) is 0. The SMILES string of the molecule is C=C[C@@H](C[C@H](C)NS(=O)(=O)c1ccc(C)cc1)[Si](C)(C)c1ccccc1. The standard InChI is InChI=1S/C21H29NO2SSi/c1-6-20(26(4,5)21-10-8-7-9-11-21)16-18(3)22-25(23,24)19-14-12-17(2)13-15-19/h6-15,18,20,22H,1,16H2,2-5H3/t18-,20-/m0/s1. The third-order valence-corrected chi connectivity index (χ3v) is 10.8. The van der Waals surface area contributed by atoms with E-state index in [4.69, 9.17) is 0 Å². The molecule has 0 aliphatic carbocycles. The van der Waals surface area contributed by atoms with Gasteiger partial charge in [0.15, 0.2) is 0 Å². The van der Waals surface area contributed by atoms with Crippen LogP contribution < -0.4 is 9.91 Å². The number of allylic oxidation sites excluding steroid dienone is 1. The van der Waals surface area contributed by atoms with Crippen LogP contribution in [0.5, 0.6) is 0 Å². The molecule has 5 heteroatoms. The van der Waals surface area contributed by atoms with Crippen LogP contribution in [0.25, 0.3) is 0 Å². The molecule has 2 rings (SSSR count). The molecule has 0 aliphatic heterocycles. The van der Waals surface area contributed by atoms with E-state index < -0.39 is 18.1 Å². The number of nitrogens with one attached hydrogen (secondary N) is 1. The Labute approximate surface area is 159 Å². The number of hydrogen-bond donors (Lipinski definition) is 1. The fraction of sp³-hybridized carbons (Fsp3) is 0.333. The predicted octanol–water partition coefficient (Wildman–Crippen LogP) is 4.22. The second-order valence-electron chi connectivity index (χ2n) is 7.50. The lowest BCUT2D eigenvalue weighted by Gasteiger charge is -2.33. The highest BCUT2D eigenvalue weighted by atomic mass is 32.2. The van der Waals surface area contributed by atoms with E-state index in [2.05, 4.69) is 48.7 Å². The smallest absolute Gasteiger partial charge is 0.208 e. The summed E-state index contributed by atoms with van der Waals surface area (Å²) in [6, 6.07) is 17.3. The molecule has 26 heavy (non-hydrogen) atoms. The van der Waals surface area contributed by atoms with Gasteiger partial charge in [-0.15, -0.1) is 6.58 Å². The van der Waals surface area contributed by atoms with Crippen molar-refractivity contribution in [1.82, 2.24) is 4.72 Å². The normalized spacial score (nSPS) is 14.6. The monoisotopic (exact) mass is 387 g/mol. The first kappa shape index (κ1) is 20.6. The van der Waals surface area contributed by atoms with Gasteiger partial charge in [-0.2, -0.15) is 0 Å². The Kier molecular flexibility index (Phi) is 6.61. The summed E-state index contributed by atoms with van der Waals surface area (Å²) in [6.07, 6.45) is 2.73. The zero-order valence-electron chi connectivity index (χ0n) is 16.1. The summed E-state index contributed by atoms with van der Waals surface area (Å²) in [7, 11) is -5.30. The Bertz CT molecular complexity index is 830. The van der Waals surface area contributed by atoms with Gasteiger partial charge in [0.1, 0.15) is 0 Å². The van der Waals surface area contributed by atoms with E-state index in [0.29, 0.717) is 4.90 Å². The molecule has 0 aromatic heterocycles. The minimum absolute atomic E-state index is 0.167. The van der Waals surface area contributed by atoms with Gasteiger partial charge in [-0.1, -0.05) is 72.4 Å². The van der Waals surface area contributed by atoms with E-state index in [-0.39, 0.29) is 11.6 Å². The van der Waals surface area contributed by atoms with Crippen molar-refractivity contribution < 1.29 is 8.42 Å². The van der Waals surface area contributed by atoms with E-state index in [1.165, 1.54) is 5.19 Å². The Balaban J connectivity index is 2.13. The first-order valence-electron chi connectivity index (χ1n) is 8.94. The van der Waals surface area contributed by atoms with Crippen LogP contribution in [0.1, 0.15) is 18.9 Å². The van der Waals surface area contributed by atoms with Gasteiger partial charge in [0.2, 0.25) is 10.0 Å². The summed E-state index contributed by atoms with van der Waals surface area (Å²) in [5, 5.41) is 1.36. The largest absolute Gasteiger partial charge is 0.240 e. The Morgan fingerprint density at radius 1 is 1.08 bits per heavy atom. The summed E-state index contributed by atoms with van der Waals surface area (Å²) >= 11 is 0. The van der Waals surface area contributed by atoms with Crippen LogP contribution in [-0.4, -0.2) is 22.5 Å². The Morgan fingerprint density at radius 3 is 2.19 bits per heavy atom. The Morgan fingerprint density at radius 2 is 1.65 bits per heavy atom. The lowest BCUT2D eigenvalue weighted by molar-refractivity contribution is 0.547. The lowest BCUT2D eigenvalue weighted by Crippen LogP contribution is -2.47. The van der Waals surface area contributed by atoms with Crippen molar-refractivity contribution in [3.63, 3.8) is 0 Å². The number of aryl methyl sites for hydroxylation is 1. The van der Waals surface area contributed by atoms with Crippen LogP contribution in [0.3, 0.4) is 0 Å². The van der Waals surface area contributed by atoms with E-state index in [0.717, 1.165) is 12.0 Å². The highest BCUT2D eigenvalue weighted by Crippen LogP contribution is 2.28. The van der Waals surface area contributed by atoms with E-state index in [1.54, 1.807) is 12.1 Å². The molecule has 0 fully saturated rings.